The molecule has 7 nitrogen and oxygen atoms in total. The number of aryl methyl sites for hydroxylation is 1. The molecular formula is C18H20N2O5S. The van der Waals surface area contributed by atoms with Crippen LogP contribution in [0.1, 0.15) is 35.6 Å². The normalized spacial score (nSPS) is 20.0. The largest absolute Gasteiger partial charge is 0.456 e. The van der Waals surface area contributed by atoms with Gasteiger partial charge in [-0.05, 0) is 38.3 Å². The monoisotopic (exact) mass is 376 g/mol. The number of carbonyl (C=O) groups excluding carboxylic acids is 1. The van der Waals surface area contributed by atoms with Crippen LogP contribution in [0.2, 0.25) is 0 Å². The first kappa shape index (κ1) is 18.3. The summed E-state index contributed by atoms with van der Waals surface area (Å²) in [6, 6.07) is 10.2. The molecule has 0 radical (unpaired) electrons. The summed E-state index contributed by atoms with van der Waals surface area (Å²) >= 11 is 0. The Bertz CT molecular complexity index is 953. The molecule has 1 amide bonds. The van der Waals surface area contributed by atoms with Crippen LogP contribution in [-0.2, 0) is 10.0 Å². The van der Waals surface area contributed by atoms with E-state index in [2.05, 4.69) is 10.0 Å². The molecule has 1 aliphatic carbocycles. The zero-order chi connectivity index (χ0) is 18.7. The topological polar surface area (TPSA) is 105 Å². The van der Waals surface area contributed by atoms with Gasteiger partial charge in [-0.3, -0.25) is 9.59 Å². The minimum atomic E-state index is -3.58. The van der Waals surface area contributed by atoms with E-state index in [-0.39, 0.29) is 28.2 Å². The molecule has 0 spiro atoms. The predicted molar refractivity (Wildman–Crippen MR) is 95.4 cm³/mol. The Labute approximate surface area is 151 Å². The summed E-state index contributed by atoms with van der Waals surface area (Å²) in [5.41, 5.74) is -0.293. The van der Waals surface area contributed by atoms with Crippen LogP contribution in [0, 0.1) is 6.92 Å². The minimum absolute atomic E-state index is 0.0386. The average Bonchev–Trinajstić information content (AvgIpc) is 3.01. The standard InChI is InChI=1S/C18H20N2O5S/c1-12-9-15(21)11-17(25-12)18(22)19-13-7-8-14(10-13)20-26(23,24)16-5-3-2-4-6-16/h2-6,9,11,13-14,20H,7-8,10H2,1H3,(H,19,22)/t13-,14+/m0/s1. The third kappa shape index (κ3) is 4.39. The third-order valence-corrected chi connectivity index (χ3v) is 5.79. The number of carbonyl (C=O) groups is 1. The molecule has 1 aromatic heterocycles. The maximum atomic E-state index is 12.4. The Hall–Kier alpha value is -2.45. The van der Waals surface area contributed by atoms with E-state index in [1.165, 1.54) is 18.2 Å². The maximum Gasteiger partial charge on any atom is 0.287 e. The van der Waals surface area contributed by atoms with E-state index in [1.807, 2.05) is 0 Å². The van der Waals surface area contributed by atoms with E-state index in [9.17, 15) is 18.0 Å². The maximum absolute atomic E-state index is 12.4. The highest BCUT2D eigenvalue weighted by Gasteiger charge is 2.30. The van der Waals surface area contributed by atoms with E-state index < -0.39 is 15.9 Å². The van der Waals surface area contributed by atoms with Crippen molar-refractivity contribution in [2.75, 3.05) is 0 Å². The summed E-state index contributed by atoms with van der Waals surface area (Å²) < 4.78 is 32.7. The van der Waals surface area contributed by atoms with Crippen molar-refractivity contribution in [1.29, 1.82) is 0 Å². The summed E-state index contributed by atoms with van der Waals surface area (Å²) in [5.74, 6) is -0.145. The second-order valence-electron chi connectivity index (χ2n) is 6.38. The van der Waals surface area contributed by atoms with Crippen molar-refractivity contribution >= 4 is 15.9 Å². The highest BCUT2D eigenvalue weighted by atomic mass is 32.2. The van der Waals surface area contributed by atoms with Gasteiger partial charge in [0, 0.05) is 24.2 Å². The summed E-state index contributed by atoms with van der Waals surface area (Å²) in [6.45, 7) is 1.60. The first-order chi connectivity index (χ1) is 12.3. The molecule has 26 heavy (non-hydrogen) atoms. The molecule has 1 heterocycles. The zero-order valence-electron chi connectivity index (χ0n) is 14.3. The van der Waals surface area contributed by atoms with E-state index in [0.717, 1.165) is 6.07 Å². The fourth-order valence-electron chi connectivity index (χ4n) is 3.08. The first-order valence-electron chi connectivity index (χ1n) is 8.33. The molecule has 0 saturated heterocycles. The zero-order valence-corrected chi connectivity index (χ0v) is 15.1. The van der Waals surface area contributed by atoms with Gasteiger partial charge in [-0.2, -0.15) is 0 Å². The smallest absolute Gasteiger partial charge is 0.287 e. The molecule has 2 atom stereocenters. The molecule has 0 aliphatic heterocycles. The molecule has 1 aromatic carbocycles. The lowest BCUT2D eigenvalue weighted by Gasteiger charge is -2.15. The van der Waals surface area contributed by atoms with Crippen molar-refractivity contribution in [3.8, 4) is 0 Å². The summed E-state index contributed by atoms with van der Waals surface area (Å²) in [4.78, 5) is 23.9. The van der Waals surface area contributed by atoms with Crippen LogP contribution in [0.25, 0.3) is 0 Å². The highest BCUT2D eigenvalue weighted by Crippen LogP contribution is 2.22. The quantitative estimate of drug-likeness (QED) is 0.824. The van der Waals surface area contributed by atoms with Gasteiger partial charge in [0.1, 0.15) is 5.76 Å². The van der Waals surface area contributed by atoms with Gasteiger partial charge >= 0.3 is 0 Å². The Morgan fingerprint density at radius 2 is 1.81 bits per heavy atom. The van der Waals surface area contributed by atoms with Crippen molar-refractivity contribution in [1.82, 2.24) is 10.0 Å². The van der Waals surface area contributed by atoms with Gasteiger partial charge in [0.05, 0.1) is 4.90 Å². The molecule has 0 bridgehead atoms. The van der Waals surface area contributed by atoms with Gasteiger partial charge in [0.15, 0.2) is 11.2 Å². The van der Waals surface area contributed by atoms with Crippen molar-refractivity contribution in [3.05, 3.63) is 64.2 Å². The molecule has 3 rings (SSSR count). The van der Waals surface area contributed by atoms with Crippen molar-refractivity contribution in [2.45, 2.75) is 43.2 Å². The molecular weight excluding hydrogens is 356 g/mol. The third-order valence-electron chi connectivity index (χ3n) is 4.26. The van der Waals surface area contributed by atoms with Gasteiger partial charge in [0.25, 0.3) is 5.91 Å². The number of hydrogen-bond acceptors (Lipinski definition) is 5. The fourth-order valence-corrected chi connectivity index (χ4v) is 4.38. The highest BCUT2D eigenvalue weighted by molar-refractivity contribution is 7.89. The molecule has 2 aromatic rings. The average molecular weight is 376 g/mol. The Balaban J connectivity index is 1.60. The van der Waals surface area contributed by atoms with Crippen molar-refractivity contribution in [2.24, 2.45) is 0 Å². The van der Waals surface area contributed by atoms with Crippen molar-refractivity contribution < 1.29 is 17.6 Å². The number of nitrogens with one attached hydrogen (secondary N) is 2. The molecule has 1 saturated carbocycles. The summed E-state index contributed by atoms with van der Waals surface area (Å²) in [7, 11) is -3.58. The first-order valence-corrected chi connectivity index (χ1v) is 9.82. The van der Waals surface area contributed by atoms with Crippen LogP contribution in [-0.4, -0.2) is 26.4 Å². The number of sulfonamides is 1. The summed E-state index contributed by atoms with van der Waals surface area (Å²) in [5, 5.41) is 2.80. The van der Waals surface area contributed by atoms with Crippen LogP contribution in [0.4, 0.5) is 0 Å². The Kier molecular flexibility index (Phi) is 5.24. The molecule has 1 aliphatic rings. The Morgan fingerprint density at radius 3 is 2.50 bits per heavy atom. The fraction of sp³-hybridized carbons (Fsp3) is 0.333. The lowest BCUT2D eigenvalue weighted by molar-refractivity contribution is 0.0905. The van der Waals surface area contributed by atoms with Crippen molar-refractivity contribution in [3.63, 3.8) is 0 Å². The van der Waals surface area contributed by atoms with Gasteiger partial charge in [-0.15, -0.1) is 0 Å². The Morgan fingerprint density at radius 1 is 1.12 bits per heavy atom. The van der Waals surface area contributed by atoms with Gasteiger partial charge in [-0.25, -0.2) is 13.1 Å². The second-order valence-corrected chi connectivity index (χ2v) is 8.10. The molecule has 0 unspecified atom stereocenters. The lowest BCUT2D eigenvalue weighted by Crippen LogP contribution is -2.37. The number of benzene rings is 1. The van der Waals surface area contributed by atoms with Gasteiger partial charge < -0.3 is 9.73 Å². The van der Waals surface area contributed by atoms with Crippen LogP contribution in [0.3, 0.4) is 0 Å². The number of amides is 1. The minimum Gasteiger partial charge on any atom is -0.456 e. The SMILES string of the molecule is Cc1cc(=O)cc(C(=O)N[C@H]2CC[C@@H](NS(=O)(=O)c3ccccc3)C2)o1. The van der Waals surface area contributed by atoms with Crippen LogP contribution >= 0.6 is 0 Å². The molecule has 2 N–H and O–H groups in total. The van der Waals surface area contributed by atoms with Gasteiger partial charge in [-0.1, -0.05) is 18.2 Å². The van der Waals surface area contributed by atoms with Crippen LogP contribution < -0.4 is 15.5 Å². The number of hydrogen-bond donors (Lipinski definition) is 2. The van der Waals surface area contributed by atoms with E-state index >= 15 is 0 Å². The lowest BCUT2D eigenvalue weighted by atomic mass is 10.2. The van der Waals surface area contributed by atoms with E-state index in [1.54, 1.807) is 25.1 Å². The van der Waals surface area contributed by atoms with E-state index in [4.69, 9.17) is 4.42 Å². The molecule has 1 fully saturated rings. The predicted octanol–water partition coefficient (Wildman–Crippen LogP) is 1.58. The summed E-state index contributed by atoms with van der Waals surface area (Å²) in [6.07, 6.45) is 1.74. The van der Waals surface area contributed by atoms with Gasteiger partial charge in [0.2, 0.25) is 10.0 Å². The molecule has 8 heteroatoms. The van der Waals surface area contributed by atoms with E-state index in [0.29, 0.717) is 25.0 Å². The second kappa shape index (κ2) is 7.43. The van der Waals surface area contributed by atoms with Crippen LogP contribution in [0.5, 0.6) is 0 Å². The van der Waals surface area contributed by atoms with Crippen LogP contribution in [0.15, 0.2) is 56.6 Å². The number of rotatable bonds is 5. The molecule has 138 valence electrons.